The number of anilines is 3. The largest absolute Gasteiger partial charge is 0.418 e. The number of rotatable bonds is 4. The fourth-order valence-electron chi connectivity index (χ4n) is 2.29. The van der Waals surface area contributed by atoms with Gasteiger partial charge in [0.2, 0.25) is 0 Å². The van der Waals surface area contributed by atoms with Crippen molar-refractivity contribution in [2.24, 2.45) is 0 Å². The first kappa shape index (κ1) is 18.3. The summed E-state index contributed by atoms with van der Waals surface area (Å²) in [6.07, 6.45) is -3.51. The highest BCUT2D eigenvalue weighted by atomic mass is 19.4. The maximum Gasteiger partial charge on any atom is 0.418 e. The fraction of sp³-hybridized carbons (Fsp3) is 0.0556. The van der Waals surface area contributed by atoms with Crippen molar-refractivity contribution >= 4 is 23.1 Å². The lowest BCUT2D eigenvalue weighted by Gasteiger charge is -2.14. The molecule has 0 unspecified atom stereocenters. The second-order valence-corrected chi connectivity index (χ2v) is 5.42. The molecule has 0 aliphatic rings. The number of nitrogens with zero attached hydrogens (tertiary/aromatic N) is 2. The Morgan fingerprint density at radius 2 is 1.74 bits per heavy atom. The van der Waals surface area contributed by atoms with Crippen molar-refractivity contribution in [2.75, 3.05) is 10.6 Å². The molecule has 1 heterocycles. The first-order valence-electron chi connectivity index (χ1n) is 7.65. The van der Waals surface area contributed by atoms with Crippen molar-refractivity contribution < 1.29 is 22.4 Å². The van der Waals surface area contributed by atoms with E-state index in [2.05, 4.69) is 20.6 Å². The lowest BCUT2D eigenvalue weighted by atomic mass is 10.1. The second kappa shape index (κ2) is 7.40. The molecule has 0 aliphatic heterocycles. The van der Waals surface area contributed by atoms with Crippen LogP contribution in [0.3, 0.4) is 0 Å². The van der Waals surface area contributed by atoms with E-state index in [9.17, 15) is 22.4 Å². The summed E-state index contributed by atoms with van der Waals surface area (Å²) in [5.41, 5.74) is -0.952. The average molecular weight is 376 g/mol. The number of carbonyl (C=O) groups is 1. The third-order valence-electron chi connectivity index (χ3n) is 3.48. The highest BCUT2D eigenvalue weighted by Gasteiger charge is 2.33. The molecule has 2 aromatic carbocycles. The molecule has 27 heavy (non-hydrogen) atoms. The Labute approximate surface area is 151 Å². The summed E-state index contributed by atoms with van der Waals surface area (Å²) in [7, 11) is 0. The Bertz CT molecular complexity index is 975. The van der Waals surface area contributed by atoms with E-state index in [0.717, 1.165) is 18.5 Å². The summed E-state index contributed by atoms with van der Waals surface area (Å²) in [5.74, 6) is -1.18. The normalized spacial score (nSPS) is 11.1. The quantitative estimate of drug-likeness (QED) is 0.652. The summed E-state index contributed by atoms with van der Waals surface area (Å²) >= 11 is 0. The molecule has 5 nitrogen and oxygen atoms in total. The van der Waals surface area contributed by atoms with Gasteiger partial charge in [-0.1, -0.05) is 18.2 Å². The molecule has 0 aliphatic carbocycles. The van der Waals surface area contributed by atoms with Gasteiger partial charge in [0.15, 0.2) is 0 Å². The van der Waals surface area contributed by atoms with Crippen LogP contribution < -0.4 is 10.6 Å². The summed E-state index contributed by atoms with van der Waals surface area (Å²) in [5, 5.41) is 4.98. The molecule has 3 aromatic rings. The van der Waals surface area contributed by atoms with Gasteiger partial charge in [-0.3, -0.25) is 4.79 Å². The van der Waals surface area contributed by atoms with E-state index in [1.54, 1.807) is 0 Å². The zero-order valence-corrected chi connectivity index (χ0v) is 13.6. The number of hydrogen-bond donors (Lipinski definition) is 2. The Hall–Kier alpha value is -3.49. The van der Waals surface area contributed by atoms with Crippen molar-refractivity contribution in [3.8, 4) is 0 Å². The zero-order chi connectivity index (χ0) is 19.4. The van der Waals surface area contributed by atoms with Gasteiger partial charge in [0.1, 0.15) is 23.7 Å². The van der Waals surface area contributed by atoms with Crippen molar-refractivity contribution in [3.05, 3.63) is 78.0 Å². The number of hydrogen-bond acceptors (Lipinski definition) is 4. The van der Waals surface area contributed by atoms with E-state index in [4.69, 9.17) is 0 Å². The number of carbonyl (C=O) groups excluding carboxylic acids is 1. The maximum atomic E-state index is 13.2. The average Bonchev–Trinajstić information content (AvgIpc) is 2.61. The van der Waals surface area contributed by atoms with Crippen LogP contribution in [0, 0.1) is 5.82 Å². The second-order valence-electron chi connectivity index (χ2n) is 5.42. The summed E-state index contributed by atoms with van der Waals surface area (Å²) in [4.78, 5) is 19.8. The number of halogens is 4. The van der Waals surface area contributed by atoms with E-state index in [1.165, 1.54) is 42.5 Å². The predicted molar refractivity (Wildman–Crippen MR) is 91.1 cm³/mol. The molecule has 0 bridgehead atoms. The molecule has 0 atom stereocenters. The van der Waals surface area contributed by atoms with Crippen LogP contribution in [-0.2, 0) is 6.18 Å². The van der Waals surface area contributed by atoms with Crippen molar-refractivity contribution in [1.29, 1.82) is 0 Å². The molecule has 3 rings (SSSR count). The molecule has 0 fully saturated rings. The number of para-hydroxylation sites is 1. The first-order chi connectivity index (χ1) is 12.8. The van der Waals surface area contributed by atoms with Gasteiger partial charge < -0.3 is 10.6 Å². The molecule has 138 valence electrons. The van der Waals surface area contributed by atoms with Crippen LogP contribution in [0.5, 0.6) is 0 Å². The Morgan fingerprint density at radius 1 is 0.963 bits per heavy atom. The van der Waals surface area contributed by atoms with Crippen LogP contribution >= 0.6 is 0 Å². The Kier molecular flexibility index (Phi) is 5.02. The third kappa shape index (κ3) is 4.57. The molecule has 2 N–H and O–H groups in total. The number of nitrogens with one attached hydrogen (secondary N) is 2. The molecular weight excluding hydrogens is 364 g/mol. The van der Waals surface area contributed by atoms with Crippen LogP contribution in [0.25, 0.3) is 0 Å². The standard InChI is InChI=1S/C18H12F4N4O/c19-11-4-3-5-12(8-11)25-17(27)15-9-16(24-10-23-15)26-14-7-2-1-6-13(14)18(20,21)22/h1-10H,(H,25,27)(H,23,24,26). The van der Waals surface area contributed by atoms with Crippen LogP contribution in [0.15, 0.2) is 60.9 Å². The van der Waals surface area contributed by atoms with Crippen LogP contribution in [0.4, 0.5) is 34.8 Å². The van der Waals surface area contributed by atoms with Crippen molar-refractivity contribution in [3.63, 3.8) is 0 Å². The SMILES string of the molecule is O=C(Nc1cccc(F)c1)c1cc(Nc2ccccc2C(F)(F)F)ncn1. The van der Waals surface area contributed by atoms with Gasteiger partial charge in [-0.15, -0.1) is 0 Å². The highest BCUT2D eigenvalue weighted by Crippen LogP contribution is 2.35. The van der Waals surface area contributed by atoms with E-state index in [0.29, 0.717) is 0 Å². The minimum atomic E-state index is -4.55. The van der Waals surface area contributed by atoms with Gasteiger partial charge in [-0.25, -0.2) is 14.4 Å². The van der Waals surface area contributed by atoms with Gasteiger partial charge in [0.05, 0.1) is 11.3 Å². The van der Waals surface area contributed by atoms with E-state index >= 15 is 0 Å². The van der Waals surface area contributed by atoms with Crippen LogP contribution in [-0.4, -0.2) is 15.9 Å². The van der Waals surface area contributed by atoms with Gasteiger partial charge >= 0.3 is 6.18 Å². The van der Waals surface area contributed by atoms with Gasteiger partial charge in [-0.05, 0) is 30.3 Å². The molecule has 0 spiro atoms. The number of alkyl halides is 3. The van der Waals surface area contributed by atoms with Crippen molar-refractivity contribution in [2.45, 2.75) is 6.18 Å². The monoisotopic (exact) mass is 376 g/mol. The molecule has 0 radical (unpaired) electrons. The molecule has 9 heteroatoms. The van der Waals surface area contributed by atoms with Crippen molar-refractivity contribution in [1.82, 2.24) is 9.97 Å². The maximum absolute atomic E-state index is 13.2. The molecule has 0 saturated carbocycles. The number of benzene rings is 2. The smallest absolute Gasteiger partial charge is 0.340 e. The van der Waals surface area contributed by atoms with E-state index in [-0.39, 0.29) is 22.9 Å². The van der Waals surface area contributed by atoms with E-state index < -0.39 is 23.5 Å². The molecular formula is C18H12F4N4O. The lowest BCUT2D eigenvalue weighted by molar-refractivity contribution is -0.136. The number of amides is 1. The minimum Gasteiger partial charge on any atom is -0.340 e. The molecule has 0 saturated heterocycles. The number of aromatic nitrogens is 2. The topological polar surface area (TPSA) is 66.9 Å². The minimum absolute atomic E-state index is 0.00564. The zero-order valence-electron chi connectivity index (χ0n) is 13.6. The Balaban J connectivity index is 1.81. The highest BCUT2D eigenvalue weighted by molar-refractivity contribution is 6.03. The van der Waals surface area contributed by atoms with Crippen LogP contribution in [0.2, 0.25) is 0 Å². The van der Waals surface area contributed by atoms with Gasteiger partial charge in [0, 0.05) is 11.8 Å². The first-order valence-corrected chi connectivity index (χ1v) is 7.65. The molecule has 1 aromatic heterocycles. The summed E-state index contributed by atoms with van der Waals surface area (Å²) < 4.78 is 52.4. The van der Waals surface area contributed by atoms with Gasteiger partial charge in [-0.2, -0.15) is 13.2 Å². The van der Waals surface area contributed by atoms with E-state index in [1.807, 2.05) is 0 Å². The molecule has 1 amide bonds. The lowest BCUT2D eigenvalue weighted by Crippen LogP contribution is -2.15. The van der Waals surface area contributed by atoms with Gasteiger partial charge in [0.25, 0.3) is 5.91 Å². The Morgan fingerprint density at radius 3 is 2.48 bits per heavy atom. The third-order valence-corrected chi connectivity index (χ3v) is 3.48. The van der Waals surface area contributed by atoms with Crippen LogP contribution in [0.1, 0.15) is 16.1 Å². The fourth-order valence-corrected chi connectivity index (χ4v) is 2.29. The summed E-state index contributed by atoms with van der Waals surface area (Å²) in [6.45, 7) is 0. The predicted octanol–water partition coefficient (Wildman–Crippen LogP) is 4.63. The summed E-state index contributed by atoms with van der Waals surface area (Å²) in [6, 6.07) is 11.3.